The third-order valence-corrected chi connectivity index (χ3v) is 6.00. The van der Waals surface area contributed by atoms with Crippen LogP contribution in [0, 0.1) is 22.7 Å². The number of nitriles is 2. The molecule has 2 heterocycles. The van der Waals surface area contributed by atoms with Gasteiger partial charge in [0.15, 0.2) is 5.82 Å². The molecule has 188 valence electrons. The highest BCUT2D eigenvalue weighted by Crippen LogP contribution is 2.43. The van der Waals surface area contributed by atoms with Crippen LogP contribution < -0.4 is 10.2 Å². The molecule has 2 N–H and O–H groups in total. The van der Waals surface area contributed by atoms with Crippen molar-refractivity contribution in [2.75, 3.05) is 4.90 Å². The van der Waals surface area contributed by atoms with Gasteiger partial charge in [0.2, 0.25) is 5.95 Å². The van der Waals surface area contributed by atoms with Gasteiger partial charge in [0.25, 0.3) is 0 Å². The van der Waals surface area contributed by atoms with E-state index in [4.69, 9.17) is 5.26 Å². The SMILES string of the molecule is CCC(NC(=O)O)c1nc2n(n1)[C@H](c1ccc(C#N)cc1)C(C#N)=C(C)N2c1cccc(C(F)(F)F)c1. The number of halogens is 3. The second-order valence-electron chi connectivity index (χ2n) is 8.26. The smallest absolute Gasteiger partial charge is 0.416 e. The lowest BCUT2D eigenvalue weighted by Gasteiger charge is -2.34. The highest BCUT2D eigenvalue weighted by Gasteiger charge is 2.38. The number of rotatable bonds is 5. The number of alkyl halides is 3. The first-order valence-corrected chi connectivity index (χ1v) is 11.1. The molecule has 0 spiro atoms. The Morgan fingerprint density at radius 1 is 1.19 bits per heavy atom. The first kappa shape index (κ1) is 25.3. The number of nitrogens with zero attached hydrogens (tertiary/aromatic N) is 6. The molecule has 0 saturated carbocycles. The molecule has 12 heteroatoms. The summed E-state index contributed by atoms with van der Waals surface area (Å²) >= 11 is 0. The van der Waals surface area contributed by atoms with Gasteiger partial charge in [0, 0.05) is 11.4 Å². The molecule has 9 nitrogen and oxygen atoms in total. The Hall–Kier alpha value is -4.84. The maximum Gasteiger partial charge on any atom is 0.416 e. The number of carboxylic acid groups (broad SMARTS) is 1. The van der Waals surface area contributed by atoms with Crippen molar-refractivity contribution in [1.29, 1.82) is 10.5 Å². The van der Waals surface area contributed by atoms with Crippen molar-refractivity contribution >= 4 is 17.7 Å². The Bertz CT molecular complexity index is 1460. The summed E-state index contributed by atoms with van der Waals surface area (Å²) in [5.41, 5.74) is 0.761. The van der Waals surface area contributed by atoms with Crippen LogP contribution >= 0.6 is 0 Å². The van der Waals surface area contributed by atoms with Crippen molar-refractivity contribution in [3.05, 3.63) is 82.3 Å². The zero-order chi connectivity index (χ0) is 26.9. The summed E-state index contributed by atoms with van der Waals surface area (Å²) in [6.45, 7) is 3.33. The Kier molecular flexibility index (Phi) is 6.60. The summed E-state index contributed by atoms with van der Waals surface area (Å²) in [5.74, 6) is 0.216. The number of amides is 1. The Morgan fingerprint density at radius 3 is 2.46 bits per heavy atom. The van der Waals surface area contributed by atoms with Crippen molar-refractivity contribution in [2.24, 2.45) is 0 Å². The van der Waals surface area contributed by atoms with Gasteiger partial charge in [-0.25, -0.2) is 9.48 Å². The molecule has 1 aliphatic heterocycles. The predicted octanol–water partition coefficient (Wildman–Crippen LogP) is 5.43. The lowest BCUT2D eigenvalue weighted by atomic mass is 9.95. The minimum atomic E-state index is -4.59. The van der Waals surface area contributed by atoms with Crippen molar-refractivity contribution in [3.8, 4) is 12.1 Å². The number of carbonyl (C=O) groups is 1. The first-order chi connectivity index (χ1) is 17.6. The van der Waals surface area contributed by atoms with E-state index in [1.54, 1.807) is 38.1 Å². The van der Waals surface area contributed by atoms with Crippen LogP contribution in [0.3, 0.4) is 0 Å². The Morgan fingerprint density at radius 2 is 1.89 bits per heavy atom. The third-order valence-electron chi connectivity index (χ3n) is 6.00. The van der Waals surface area contributed by atoms with E-state index >= 15 is 0 Å². The summed E-state index contributed by atoms with van der Waals surface area (Å²) in [6, 6.07) is 13.7. The molecule has 4 rings (SSSR count). The molecule has 1 aliphatic rings. The van der Waals surface area contributed by atoms with E-state index in [0.29, 0.717) is 23.2 Å². The Balaban J connectivity index is 1.97. The topological polar surface area (TPSA) is 131 Å². The van der Waals surface area contributed by atoms with Crippen molar-refractivity contribution in [1.82, 2.24) is 20.1 Å². The average molecular weight is 507 g/mol. The van der Waals surface area contributed by atoms with Gasteiger partial charge in [0.05, 0.1) is 34.9 Å². The average Bonchev–Trinajstić information content (AvgIpc) is 3.30. The maximum atomic E-state index is 13.5. The van der Waals surface area contributed by atoms with E-state index in [9.17, 15) is 28.3 Å². The van der Waals surface area contributed by atoms with Crippen LogP contribution in [-0.2, 0) is 6.18 Å². The van der Waals surface area contributed by atoms with Crippen LogP contribution in [0.15, 0.2) is 59.8 Å². The summed E-state index contributed by atoms with van der Waals surface area (Å²) in [6.07, 6.45) is -5.58. The van der Waals surface area contributed by atoms with Crippen LogP contribution in [-0.4, -0.2) is 26.0 Å². The lowest BCUT2D eigenvalue weighted by Crippen LogP contribution is -2.31. The van der Waals surface area contributed by atoms with E-state index < -0.39 is 29.9 Å². The minimum Gasteiger partial charge on any atom is -0.465 e. The summed E-state index contributed by atoms with van der Waals surface area (Å²) < 4.78 is 41.9. The highest BCUT2D eigenvalue weighted by molar-refractivity contribution is 5.69. The number of nitrogens with one attached hydrogen (secondary N) is 1. The summed E-state index contributed by atoms with van der Waals surface area (Å²) in [4.78, 5) is 17.3. The molecule has 0 saturated heterocycles. The molecule has 1 amide bonds. The molecule has 0 radical (unpaired) electrons. The molecule has 1 unspecified atom stereocenters. The van der Waals surface area contributed by atoms with Crippen LogP contribution in [0.5, 0.6) is 0 Å². The minimum absolute atomic E-state index is 0.0995. The molecule has 0 aliphatic carbocycles. The first-order valence-electron chi connectivity index (χ1n) is 11.1. The van der Waals surface area contributed by atoms with Crippen LogP contribution in [0.25, 0.3) is 0 Å². The number of hydrogen-bond acceptors (Lipinski definition) is 6. The fraction of sp³-hybridized carbons (Fsp3) is 0.240. The second kappa shape index (κ2) is 9.66. The van der Waals surface area contributed by atoms with E-state index in [1.807, 2.05) is 6.07 Å². The lowest BCUT2D eigenvalue weighted by molar-refractivity contribution is -0.137. The number of benzene rings is 2. The van der Waals surface area contributed by atoms with Crippen molar-refractivity contribution in [2.45, 2.75) is 38.5 Å². The van der Waals surface area contributed by atoms with Gasteiger partial charge < -0.3 is 10.4 Å². The molecular weight excluding hydrogens is 487 g/mol. The number of aromatic nitrogens is 3. The van der Waals surface area contributed by atoms with Gasteiger partial charge in [0.1, 0.15) is 6.04 Å². The molecule has 0 bridgehead atoms. The van der Waals surface area contributed by atoms with Gasteiger partial charge >= 0.3 is 12.3 Å². The number of allylic oxidation sites excluding steroid dienone is 2. The number of hydrogen-bond donors (Lipinski definition) is 2. The monoisotopic (exact) mass is 507 g/mol. The standard InChI is InChI=1S/C25H20F3N7O2/c1-3-20(31-24(36)37)22-32-23-34(18-6-4-5-17(11-18)25(26,27)28)14(2)19(13-30)21(35(23)33-22)16-9-7-15(12-29)8-10-16/h4-11,20-21,31H,3H2,1-2H3,(H,36,37)/t20?,21-/m1/s1. The second-order valence-corrected chi connectivity index (χ2v) is 8.26. The third kappa shape index (κ3) is 4.69. The molecule has 3 aromatic rings. The van der Waals surface area contributed by atoms with Gasteiger partial charge in [-0.05, 0) is 49.2 Å². The molecule has 2 aromatic carbocycles. The highest BCUT2D eigenvalue weighted by atomic mass is 19.4. The van der Waals surface area contributed by atoms with Crippen molar-refractivity contribution < 1.29 is 23.1 Å². The predicted molar refractivity (Wildman–Crippen MR) is 125 cm³/mol. The zero-order valence-corrected chi connectivity index (χ0v) is 19.7. The van der Waals surface area contributed by atoms with Gasteiger partial charge in [-0.3, -0.25) is 4.90 Å². The fourth-order valence-electron chi connectivity index (χ4n) is 4.21. The number of fused-ring (bicyclic) bond motifs is 1. The quantitative estimate of drug-likeness (QED) is 0.471. The van der Waals surface area contributed by atoms with E-state index in [1.165, 1.54) is 21.7 Å². The van der Waals surface area contributed by atoms with E-state index in [-0.39, 0.29) is 23.0 Å². The van der Waals surface area contributed by atoms with Crippen LogP contribution in [0.2, 0.25) is 0 Å². The van der Waals surface area contributed by atoms with Crippen molar-refractivity contribution in [3.63, 3.8) is 0 Å². The zero-order valence-electron chi connectivity index (χ0n) is 19.7. The molecular formula is C25H20F3N7O2. The number of anilines is 2. The van der Waals surface area contributed by atoms with E-state index in [0.717, 1.165) is 12.1 Å². The fourth-order valence-corrected chi connectivity index (χ4v) is 4.21. The van der Waals surface area contributed by atoms with Crippen LogP contribution in [0.4, 0.5) is 29.6 Å². The largest absolute Gasteiger partial charge is 0.465 e. The van der Waals surface area contributed by atoms with E-state index in [2.05, 4.69) is 21.5 Å². The van der Waals surface area contributed by atoms with Crippen LogP contribution in [0.1, 0.15) is 54.9 Å². The maximum absolute atomic E-state index is 13.5. The Labute approximate surface area is 209 Å². The van der Waals surface area contributed by atoms with Gasteiger partial charge in [-0.15, -0.1) is 0 Å². The normalized spacial score (nSPS) is 16.0. The molecule has 2 atom stereocenters. The molecule has 0 fully saturated rings. The van der Waals surface area contributed by atoms with Gasteiger partial charge in [-0.1, -0.05) is 25.1 Å². The van der Waals surface area contributed by atoms with Gasteiger partial charge in [-0.2, -0.15) is 33.8 Å². The summed E-state index contributed by atoms with van der Waals surface area (Å²) in [5, 5.41) is 35.4. The molecule has 1 aromatic heterocycles. The molecule has 37 heavy (non-hydrogen) atoms. The summed E-state index contributed by atoms with van der Waals surface area (Å²) in [7, 11) is 0.